The minimum atomic E-state index is 0.0573. The number of hydrogen-bond acceptors (Lipinski definition) is 4. The number of hydrogen-bond donors (Lipinski definition) is 0. The van der Waals surface area contributed by atoms with E-state index in [2.05, 4.69) is 9.80 Å². The van der Waals surface area contributed by atoms with E-state index < -0.39 is 0 Å². The summed E-state index contributed by atoms with van der Waals surface area (Å²) in [6.45, 7) is 6.42. The highest BCUT2D eigenvalue weighted by molar-refractivity contribution is 5.98. The lowest BCUT2D eigenvalue weighted by Gasteiger charge is -2.40. The summed E-state index contributed by atoms with van der Waals surface area (Å²) >= 11 is 0. The van der Waals surface area contributed by atoms with Gasteiger partial charge in [0.05, 0.1) is 13.2 Å². The summed E-state index contributed by atoms with van der Waals surface area (Å²) in [7, 11) is 0. The Hall–Kier alpha value is -1.92. The Kier molecular flexibility index (Phi) is 5.74. The molecule has 1 atom stereocenters. The van der Waals surface area contributed by atoms with Crippen molar-refractivity contribution in [1.29, 1.82) is 0 Å². The van der Waals surface area contributed by atoms with Crippen LogP contribution in [0.15, 0.2) is 24.3 Å². The lowest BCUT2D eigenvalue weighted by molar-refractivity contribution is -0.135. The second kappa shape index (κ2) is 8.40. The van der Waals surface area contributed by atoms with Gasteiger partial charge in [0.1, 0.15) is 0 Å². The minimum absolute atomic E-state index is 0.0573. The van der Waals surface area contributed by atoms with E-state index in [1.165, 1.54) is 6.42 Å². The highest BCUT2D eigenvalue weighted by atomic mass is 16.5. The molecule has 2 fully saturated rings. The molecule has 0 bridgehead atoms. The number of ether oxygens (including phenoxy) is 1. The summed E-state index contributed by atoms with van der Waals surface area (Å²) in [6, 6.07) is 8.04. The second-order valence-electron chi connectivity index (χ2n) is 7.78. The van der Waals surface area contributed by atoms with Crippen LogP contribution >= 0.6 is 0 Å². The standard InChI is InChI=1S/C21H29N3O3/c25-20(8-10-23-15-17-5-1-2-7-19(17)21(23)26)24-9-4-3-6-18(24)16-22-11-13-27-14-12-22/h1-2,5,7,18H,3-4,6,8-16H2/t18-/m1/s1. The molecular formula is C21H29N3O3. The van der Waals surface area contributed by atoms with Gasteiger partial charge in [-0.05, 0) is 30.9 Å². The Morgan fingerprint density at radius 1 is 1.11 bits per heavy atom. The molecule has 0 aliphatic carbocycles. The third kappa shape index (κ3) is 4.17. The van der Waals surface area contributed by atoms with Gasteiger partial charge >= 0.3 is 0 Å². The molecule has 3 aliphatic heterocycles. The molecule has 0 N–H and O–H groups in total. The molecule has 0 unspecified atom stereocenters. The van der Waals surface area contributed by atoms with Crippen molar-refractivity contribution in [3.05, 3.63) is 35.4 Å². The number of morpholine rings is 1. The number of piperidine rings is 1. The second-order valence-corrected chi connectivity index (χ2v) is 7.78. The van der Waals surface area contributed by atoms with Crippen LogP contribution in [0, 0.1) is 0 Å². The summed E-state index contributed by atoms with van der Waals surface area (Å²) in [4.78, 5) is 31.7. The fourth-order valence-electron chi connectivity index (χ4n) is 4.47. The van der Waals surface area contributed by atoms with E-state index in [0.29, 0.717) is 25.6 Å². The number of carbonyl (C=O) groups excluding carboxylic acids is 2. The zero-order valence-electron chi connectivity index (χ0n) is 15.9. The number of carbonyl (C=O) groups is 2. The number of fused-ring (bicyclic) bond motifs is 1. The van der Waals surface area contributed by atoms with E-state index in [1.54, 1.807) is 0 Å². The molecule has 1 aromatic rings. The van der Waals surface area contributed by atoms with Gasteiger partial charge in [-0.3, -0.25) is 14.5 Å². The third-order valence-electron chi connectivity index (χ3n) is 6.01. The first kappa shape index (κ1) is 18.4. The van der Waals surface area contributed by atoms with Crippen molar-refractivity contribution in [3.8, 4) is 0 Å². The molecule has 3 heterocycles. The van der Waals surface area contributed by atoms with E-state index in [4.69, 9.17) is 4.74 Å². The normalized spacial score (nSPS) is 23.6. The van der Waals surface area contributed by atoms with Crippen LogP contribution in [-0.2, 0) is 16.1 Å². The summed E-state index contributed by atoms with van der Waals surface area (Å²) < 4.78 is 5.44. The molecule has 6 heteroatoms. The molecule has 0 spiro atoms. The van der Waals surface area contributed by atoms with Crippen molar-refractivity contribution in [3.63, 3.8) is 0 Å². The Morgan fingerprint density at radius 2 is 1.93 bits per heavy atom. The number of rotatable bonds is 5. The quantitative estimate of drug-likeness (QED) is 0.791. The molecule has 6 nitrogen and oxygen atoms in total. The zero-order chi connectivity index (χ0) is 18.6. The van der Waals surface area contributed by atoms with Crippen LogP contribution in [0.1, 0.15) is 41.6 Å². The molecular weight excluding hydrogens is 342 g/mol. The maximum atomic E-state index is 12.9. The highest BCUT2D eigenvalue weighted by Gasteiger charge is 2.31. The highest BCUT2D eigenvalue weighted by Crippen LogP contribution is 2.23. The first-order chi connectivity index (χ1) is 13.2. The van der Waals surface area contributed by atoms with E-state index in [-0.39, 0.29) is 11.8 Å². The number of amides is 2. The zero-order valence-corrected chi connectivity index (χ0v) is 15.9. The predicted molar refractivity (Wildman–Crippen MR) is 102 cm³/mol. The average molecular weight is 371 g/mol. The van der Waals surface area contributed by atoms with Gasteiger partial charge in [-0.25, -0.2) is 0 Å². The third-order valence-corrected chi connectivity index (χ3v) is 6.01. The summed E-state index contributed by atoms with van der Waals surface area (Å²) in [5.74, 6) is 0.249. The lowest BCUT2D eigenvalue weighted by atomic mass is 10.0. The Bertz CT molecular complexity index is 687. The van der Waals surface area contributed by atoms with Gasteiger partial charge in [0.25, 0.3) is 5.91 Å². The Morgan fingerprint density at radius 3 is 2.74 bits per heavy atom. The van der Waals surface area contributed by atoms with Crippen molar-refractivity contribution in [2.45, 2.75) is 38.3 Å². The van der Waals surface area contributed by atoms with Crippen LogP contribution in [0.4, 0.5) is 0 Å². The van der Waals surface area contributed by atoms with E-state index in [1.807, 2.05) is 29.2 Å². The first-order valence-electron chi connectivity index (χ1n) is 10.2. The van der Waals surface area contributed by atoms with Gasteiger partial charge in [-0.2, -0.15) is 0 Å². The summed E-state index contributed by atoms with van der Waals surface area (Å²) in [5.41, 5.74) is 1.85. The number of benzene rings is 1. The van der Waals surface area contributed by atoms with Crippen molar-refractivity contribution < 1.29 is 14.3 Å². The molecule has 2 saturated heterocycles. The lowest BCUT2D eigenvalue weighted by Crippen LogP contribution is -2.51. The molecule has 4 rings (SSSR count). The molecule has 0 saturated carbocycles. The molecule has 27 heavy (non-hydrogen) atoms. The maximum Gasteiger partial charge on any atom is 0.254 e. The van der Waals surface area contributed by atoms with Crippen LogP contribution < -0.4 is 0 Å². The number of nitrogens with zero attached hydrogens (tertiary/aromatic N) is 3. The van der Waals surface area contributed by atoms with Gasteiger partial charge < -0.3 is 14.5 Å². The fourth-order valence-corrected chi connectivity index (χ4v) is 4.47. The predicted octanol–water partition coefficient (Wildman–Crippen LogP) is 1.75. The van der Waals surface area contributed by atoms with Crippen LogP contribution in [0.25, 0.3) is 0 Å². The molecule has 0 radical (unpaired) electrons. The first-order valence-corrected chi connectivity index (χ1v) is 10.2. The molecule has 146 valence electrons. The molecule has 1 aromatic carbocycles. The van der Waals surface area contributed by atoms with Gasteiger partial charge in [0.15, 0.2) is 0 Å². The maximum absolute atomic E-state index is 12.9. The van der Waals surface area contributed by atoms with Gasteiger partial charge in [-0.1, -0.05) is 18.2 Å². The van der Waals surface area contributed by atoms with Crippen molar-refractivity contribution >= 4 is 11.8 Å². The van der Waals surface area contributed by atoms with Gasteiger partial charge in [-0.15, -0.1) is 0 Å². The SMILES string of the molecule is O=C1c2ccccc2CN1CCC(=O)N1CCCC[C@@H]1CN1CCOCC1. The summed E-state index contributed by atoms with van der Waals surface area (Å²) in [6.07, 6.45) is 3.77. The Balaban J connectivity index is 1.32. The van der Waals surface area contributed by atoms with Crippen molar-refractivity contribution in [2.75, 3.05) is 45.9 Å². The van der Waals surface area contributed by atoms with Crippen LogP contribution in [0.5, 0.6) is 0 Å². The monoisotopic (exact) mass is 371 g/mol. The molecule has 0 aromatic heterocycles. The van der Waals surface area contributed by atoms with Crippen LogP contribution in [-0.4, -0.2) is 78.5 Å². The van der Waals surface area contributed by atoms with E-state index in [9.17, 15) is 9.59 Å². The fraction of sp³-hybridized carbons (Fsp3) is 0.619. The minimum Gasteiger partial charge on any atom is -0.379 e. The smallest absolute Gasteiger partial charge is 0.254 e. The largest absolute Gasteiger partial charge is 0.379 e. The van der Waals surface area contributed by atoms with Gasteiger partial charge in [0, 0.05) is 57.3 Å². The van der Waals surface area contributed by atoms with Crippen LogP contribution in [0.2, 0.25) is 0 Å². The Labute approximate surface area is 161 Å². The average Bonchev–Trinajstić information content (AvgIpc) is 3.03. The van der Waals surface area contributed by atoms with Gasteiger partial charge in [0.2, 0.25) is 5.91 Å². The van der Waals surface area contributed by atoms with Crippen molar-refractivity contribution in [1.82, 2.24) is 14.7 Å². The molecule has 2 amide bonds. The van der Waals surface area contributed by atoms with Crippen molar-refractivity contribution in [2.24, 2.45) is 0 Å². The topological polar surface area (TPSA) is 53.1 Å². The van der Waals surface area contributed by atoms with E-state index in [0.717, 1.165) is 63.4 Å². The summed E-state index contributed by atoms with van der Waals surface area (Å²) in [5, 5.41) is 0. The van der Waals surface area contributed by atoms with Crippen LogP contribution in [0.3, 0.4) is 0 Å². The molecule has 3 aliphatic rings. The van der Waals surface area contributed by atoms with E-state index >= 15 is 0 Å². The number of likely N-dealkylation sites (tertiary alicyclic amines) is 1.